The molecule has 0 aromatic carbocycles. The minimum atomic E-state index is -0.130. The van der Waals surface area contributed by atoms with Gasteiger partial charge in [-0.25, -0.2) is 15.0 Å². The Morgan fingerprint density at radius 2 is 1.96 bits per heavy atom. The topological polar surface area (TPSA) is 68.5 Å². The van der Waals surface area contributed by atoms with Gasteiger partial charge in [0.1, 0.15) is 11.6 Å². The molecule has 3 heterocycles. The molecule has 1 unspecified atom stereocenters. The van der Waals surface area contributed by atoms with Crippen molar-refractivity contribution < 1.29 is 0 Å². The first-order chi connectivity index (χ1) is 10.8. The van der Waals surface area contributed by atoms with Gasteiger partial charge in [-0.05, 0) is 13.8 Å². The van der Waals surface area contributed by atoms with E-state index in [9.17, 15) is 0 Å². The summed E-state index contributed by atoms with van der Waals surface area (Å²) in [4.78, 5) is 14.0. The normalized spacial score (nSPS) is 13.5. The molecule has 1 atom stereocenters. The lowest BCUT2D eigenvalue weighted by Gasteiger charge is -2.19. The number of thiazole rings is 1. The van der Waals surface area contributed by atoms with Crippen molar-refractivity contribution in [3.8, 4) is 0 Å². The lowest BCUT2D eigenvalue weighted by Crippen LogP contribution is -2.18. The van der Waals surface area contributed by atoms with Crippen LogP contribution in [0.15, 0.2) is 11.6 Å². The Balaban J connectivity index is 2.05. The molecular formula is C16H22N6S. The molecule has 1 N–H and O–H groups in total. The van der Waals surface area contributed by atoms with E-state index in [-0.39, 0.29) is 11.5 Å². The van der Waals surface area contributed by atoms with Crippen molar-refractivity contribution in [1.29, 1.82) is 0 Å². The maximum atomic E-state index is 4.76. The van der Waals surface area contributed by atoms with Crippen LogP contribution in [0.25, 0.3) is 11.0 Å². The molecule has 0 aliphatic rings. The summed E-state index contributed by atoms with van der Waals surface area (Å²) in [5, 5.41) is 11.9. The molecule has 0 radical (unpaired) electrons. The molecule has 0 bridgehead atoms. The van der Waals surface area contributed by atoms with Gasteiger partial charge in [-0.2, -0.15) is 5.10 Å². The van der Waals surface area contributed by atoms with E-state index < -0.39 is 0 Å². The Morgan fingerprint density at radius 1 is 1.22 bits per heavy atom. The highest BCUT2D eigenvalue weighted by Gasteiger charge is 2.22. The van der Waals surface area contributed by atoms with Crippen molar-refractivity contribution in [1.82, 2.24) is 24.7 Å². The highest BCUT2D eigenvalue weighted by molar-refractivity contribution is 7.09. The van der Waals surface area contributed by atoms with Gasteiger partial charge < -0.3 is 5.32 Å². The van der Waals surface area contributed by atoms with E-state index in [0.717, 1.165) is 33.4 Å². The van der Waals surface area contributed by atoms with Gasteiger partial charge in [0.2, 0.25) is 0 Å². The fourth-order valence-electron chi connectivity index (χ4n) is 2.33. The van der Waals surface area contributed by atoms with Gasteiger partial charge in [0, 0.05) is 17.8 Å². The number of rotatable bonds is 3. The summed E-state index contributed by atoms with van der Waals surface area (Å²) >= 11 is 1.66. The Morgan fingerprint density at radius 3 is 2.57 bits per heavy atom. The molecule has 3 rings (SSSR count). The van der Waals surface area contributed by atoms with Gasteiger partial charge in [0.15, 0.2) is 5.65 Å². The molecule has 3 aromatic heterocycles. The molecule has 3 aromatic rings. The maximum Gasteiger partial charge on any atom is 0.163 e. The zero-order chi connectivity index (χ0) is 16.8. The van der Waals surface area contributed by atoms with Gasteiger partial charge in [-0.3, -0.25) is 4.68 Å². The number of hydrogen-bond donors (Lipinski definition) is 1. The molecule has 0 aliphatic heterocycles. The minimum Gasteiger partial charge on any atom is -0.361 e. The quantitative estimate of drug-likeness (QED) is 0.794. The van der Waals surface area contributed by atoms with Crippen LogP contribution >= 0.6 is 11.3 Å². The molecule has 0 spiro atoms. The van der Waals surface area contributed by atoms with Crippen LogP contribution in [0.4, 0.5) is 5.82 Å². The van der Waals surface area contributed by atoms with E-state index in [1.807, 2.05) is 20.2 Å². The van der Waals surface area contributed by atoms with Crippen molar-refractivity contribution >= 4 is 28.2 Å². The Labute approximate surface area is 140 Å². The molecule has 0 amide bonds. The van der Waals surface area contributed by atoms with Crippen LogP contribution in [-0.4, -0.2) is 24.7 Å². The fourth-order valence-corrected chi connectivity index (χ4v) is 3.03. The van der Waals surface area contributed by atoms with Crippen LogP contribution in [0.1, 0.15) is 50.3 Å². The van der Waals surface area contributed by atoms with Gasteiger partial charge in [0.25, 0.3) is 0 Å². The molecule has 0 saturated carbocycles. The smallest absolute Gasteiger partial charge is 0.163 e. The number of aryl methyl sites for hydroxylation is 2. The maximum absolute atomic E-state index is 4.76. The van der Waals surface area contributed by atoms with Crippen molar-refractivity contribution in [3.63, 3.8) is 0 Å². The summed E-state index contributed by atoms with van der Waals surface area (Å²) in [7, 11) is 1.90. The average Bonchev–Trinajstić information content (AvgIpc) is 3.05. The summed E-state index contributed by atoms with van der Waals surface area (Å²) < 4.78 is 1.79. The Hall–Kier alpha value is -2.02. The van der Waals surface area contributed by atoms with Gasteiger partial charge >= 0.3 is 0 Å². The fraction of sp³-hybridized carbons (Fsp3) is 0.500. The minimum absolute atomic E-state index is 0.0751. The lowest BCUT2D eigenvalue weighted by molar-refractivity contribution is 0.546. The average molecular weight is 330 g/mol. The van der Waals surface area contributed by atoms with Crippen LogP contribution in [-0.2, 0) is 12.5 Å². The predicted molar refractivity (Wildman–Crippen MR) is 93.9 cm³/mol. The van der Waals surface area contributed by atoms with Gasteiger partial charge in [-0.1, -0.05) is 20.8 Å². The summed E-state index contributed by atoms with van der Waals surface area (Å²) in [5.74, 6) is 1.61. The summed E-state index contributed by atoms with van der Waals surface area (Å²) in [6.07, 6.45) is 1.81. The second kappa shape index (κ2) is 5.56. The Bertz CT molecular complexity index is 842. The van der Waals surface area contributed by atoms with Crippen LogP contribution < -0.4 is 5.32 Å². The monoisotopic (exact) mass is 330 g/mol. The Kier molecular flexibility index (Phi) is 3.83. The van der Waals surface area contributed by atoms with Crippen molar-refractivity contribution in [2.24, 2.45) is 7.05 Å². The zero-order valence-electron chi connectivity index (χ0n) is 14.4. The van der Waals surface area contributed by atoms with Crippen LogP contribution in [0.3, 0.4) is 0 Å². The lowest BCUT2D eigenvalue weighted by atomic mass is 9.95. The molecule has 0 saturated heterocycles. The van der Waals surface area contributed by atoms with Crippen LogP contribution in [0.2, 0.25) is 0 Å². The number of nitrogens with one attached hydrogen (secondary N) is 1. The number of hydrogen-bond acceptors (Lipinski definition) is 6. The molecule has 0 fully saturated rings. The first-order valence-electron chi connectivity index (χ1n) is 7.64. The largest absolute Gasteiger partial charge is 0.361 e. The molecule has 0 aliphatic carbocycles. The molecule has 122 valence electrons. The van der Waals surface area contributed by atoms with E-state index in [1.54, 1.807) is 16.0 Å². The second-order valence-electron chi connectivity index (χ2n) is 6.81. The molecule has 6 nitrogen and oxygen atoms in total. The highest BCUT2D eigenvalue weighted by atomic mass is 32.1. The molecule has 23 heavy (non-hydrogen) atoms. The number of fused-ring (bicyclic) bond motifs is 1. The van der Waals surface area contributed by atoms with E-state index in [1.165, 1.54) is 0 Å². The summed E-state index contributed by atoms with van der Waals surface area (Å²) in [5.41, 5.74) is 1.74. The van der Waals surface area contributed by atoms with Crippen molar-refractivity contribution in [3.05, 3.63) is 28.1 Å². The number of nitrogens with zero attached hydrogens (tertiary/aromatic N) is 5. The third-order valence-corrected chi connectivity index (χ3v) is 4.49. The third-order valence-electron chi connectivity index (χ3n) is 3.70. The second-order valence-corrected chi connectivity index (χ2v) is 7.87. The first kappa shape index (κ1) is 15.9. The van der Waals surface area contributed by atoms with E-state index in [4.69, 9.17) is 4.98 Å². The summed E-state index contributed by atoms with van der Waals surface area (Å²) in [6.45, 7) is 10.4. The third kappa shape index (κ3) is 3.06. The summed E-state index contributed by atoms with van der Waals surface area (Å²) in [6, 6.07) is 0.0751. The van der Waals surface area contributed by atoms with Gasteiger partial charge in [-0.15, -0.1) is 11.3 Å². The van der Waals surface area contributed by atoms with Crippen LogP contribution in [0.5, 0.6) is 0 Å². The highest BCUT2D eigenvalue weighted by Crippen LogP contribution is 2.28. The molecular weight excluding hydrogens is 308 g/mol. The number of anilines is 1. The zero-order valence-corrected chi connectivity index (χ0v) is 15.2. The van der Waals surface area contributed by atoms with Crippen LogP contribution in [0, 0.1) is 6.92 Å². The predicted octanol–water partition coefficient (Wildman–Crippen LogP) is 3.60. The van der Waals surface area contributed by atoms with Crippen molar-refractivity contribution in [2.75, 3.05) is 5.32 Å². The van der Waals surface area contributed by atoms with Gasteiger partial charge in [0.05, 0.1) is 28.3 Å². The van der Waals surface area contributed by atoms with Crippen molar-refractivity contribution in [2.45, 2.75) is 46.1 Å². The standard InChI is InChI=1S/C16H22N6S/c1-9(12-8-23-10(2)19-12)18-13-11-7-17-22(6)14(11)21-15(20-13)16(3,4)5/h7-9H,1-6H3,(H,18,20,21). The number of aromatic nitrogens is 5. The first-order valence-corrected chi connectivity index (χ1v) is 8.52. The van der Waals surface area contributed by atoms with E-state index in [2.05, 4.69) is 53.5 Å². The van der Waals surface area contributed by atoms with E-state index >= 15 is 0 Å². The SMILES string of the molecule is Cc1nc(C(C)Nc2nc(C(C)(C)C)nc3c2cnn3C)cs1. The molecule has 7 heteroatoms. The van der Waals surface area contributed by atoms with E-state index in [0.29, 0.717) is 0 Å².